The standard InChI is InChI=1S/C15H16N2O3S/c1-9-7-13(21-10(9)2)15(20)17(8-14(18)19)12-6-4-3-5-11(12)16/h3-7H,8,16H2,1-2H3,(H,18,19). The fraction of sp³-hybridized carbons (Fsp3) is 0.200. The van der Waals surface area contributed by atoms with Crippen LogP contribution in [0.25, 0.3) is 0 Å². The zero-order valence-corrected chi connectivity index (χ0v) is 12.6. The van der Waals surface area contributed by atoms with E-state index in [0.717, 1.165) is 10.4 Å². The molecule has 0 radical (unpaired) electrons. The number of aryl methyl sites for hydroxylation is 2. The second kappa shape index (κ2) is 5.97. The monoisotopic (exact) mass is 304 g/mol. The van der Waals surface area contributed by atoms with E-state index in [2.05, 4.69) is 0 Å². The Morgan fingerprint density at radius 2 is 1.95 bits per heavy atom. The van der Waals surface area contributed by atoms with Gasteiger partial charge in [0.15, 0.2) is 0 Å². The number of para-hydroxylation sites is 2. The highest BCUT2D eigenvalue weighted by Gasteiger charge is 2.23. The number of anilines is 2. The first-order valence-corrected chi connectivity index (χ1v) is 7.17. The number of nitrogens with zero attached hydrogens (tertiary/aromatic N) is 1. The number of nitrogens with two attached hydrogens (primary N) is 1. The van der Waals surface area contributed by atoms with Gasteiger partial charge in [0.05, 0.1) is 16.3 Å². The molecule has 0 aliphatic carbocycles. The molecule has 1 heterocycles. The van der Waals surface area contributed by atoms with Gasteiger partial charge in [0.25, 0.3) is 5.91 Å². The summed E-state index contributed by atoms with van der Waals surface area (Å²) in [6.07, 6.45) is 0. The van der Waals surface area contributed by atoms with Gasteiger partial charge in [-0.2, -0.15) is 0 Å². The van der Waals surface area contributed by atoms with Crippen LogP contribution < -0.4 is 10.6 Å². The van der Waals surface area contributed by atoms with E-state index in [-0.39, 0.29) is 5.91 Å². The Balaban J connectivity index is 2.43. The second-order valence-corrected chi connectivity index (χ2v) is 5.95. The summed E-state index contributed by atoms with van der Waals surface area (Å²) in [5, 5.41) is 9.06. The van der Waals surface area contributed by atoms with Crippen LogP contribution in [0.5, 0.6) is 0 Å². The Labute approximate surface area is 126 Å². The van der Waals surface area contributed by atoms with Crippen LogP contribution in [0.1, 0.15) is 20.1 Å². The largest absolute Gasteiger partial charge is 0.480 e. The highest BCUT2D eigenvalue weighted by molar-refractivity contribution is 7.14. The molecular weight excluding hydrogens is 288 g/mol. The van der Waals surface area contributed by atoms with Crippen LogP contribution in [0.15, 0.2) is 30.3 Å². The van der Waals surface area contributed by atoms with Gasteiger partial charge >= 0.3 is 5.97 Å². The summed E-state index contributed by atoms with van der Waals surface area (Å²) in [5.74, 6) is -1.44. The minimum Gasteiger partial charge on any atom is -0.480 e. The van der Waals surface area contributed by atoms with E-state index in [4.69, 9.17) is 10.8 Å². The Bertz CT molecular complexity index is 674. The summed E-state index contributed by atoms with van der Waals surface area (Å²) in [7, 11) is 0. The van der Waals surface area contributed by atoms with E-state index in [1.54, 1.807) is 30.3 Å². The lowest BCUT2D eigenvalue weighted by molar-refractivity contribution is -0.135. The van der Waals surface area contributed by atoms with Gasteiger partial charge in [-0.3, -0.25) is 14.5 Å². The normalized spacial score (nSPS) is 10.4. The van der Waals surface area contributed by atoms with E-state index in [1.807, 2.05) is 13.8 Å². The van der Waals surface area contributed by atoms with Gasteiger partial charge < -0.3 is 10.8 Å². The number of nitrogen functional groups attached to an aromatic ring is 1. The summed E-state index contributed by atoms with van der Waals surface area (Å²) in [6.45, 7) is 3.42. The number of hydrogen-bond donors (Lipinski definition) is 2. The van der Waals surface area contributed by atoms with E-state index in [1.165, 1.54) is 16.2 Å². The number of carbonyl (C=O) groups excluding carboxylic acids is 1. The molecule has 0 bridgehead atoms. The fourth-order valence-corrected chi connectivity index (χ4v) is 2.93. The van der Waals surface area contributed by atoms with Gasteiger partial charge in [-0.1, -0.05) is 12.1 Å². The summed E-state index contributed by atoms with van der Waals surface area (Å²) < 4.78 is 0. The predicted molar refractivity (Wildman–Crippen MR) is 84.0 cm³/mol. The third-order valence-corrected chi connectivity index (χ3v) is 4.28. The summed E-state index contributed by atoms with van der Waals surface area (Å²) in [5.41, 5.74) is 7.66. The molecule has 5 nitrogen and oxygen atoms in total. The Morgan fingerprint density at radius 3 is 2.48 bits per heavy atom. The molecule has 0 aliphatic heterocycles. The smallest absolute Gasteiger partial charge is 0.323 e. The first-order valence-electron chi connectivity index (χ1n) is 6.35. The summed E-state index contributed by atoms with van der Waals surface area (Å²) in [6, 6.07) is 8.52. The molecule has 110 valence electrons. The van der Waals surface area contributed by atoms with Crippen LogP contribution in [0.2, 0.25) is 0 Å². The lowest BCUT2D eigenvalue weighted by Gasteiger charge is -2.21. The van der Waals surface area contributed by atoms with Gasteiger partial charge in [0.1, 0.15) is 6.54 Å². The van der Waals surface area contributed by atoms with Crippen LogP contribution in [0.3, 0.4) is 0 Å². The first kappa shape index (κ1) is 15.1. The molecule has 0 spiro atoms. The first-order chi connectivity index (χ1) is 9.90. The molecule has 0 atom stereocenters. The van der Waals surface area contributed by atoms with Crippen LogP contribution in [0, 0.1) is 13.8 Å². The summed E-state index contributed by atoms with van der Waals surface area (Å²) >= 11 is 1.35. The molecule has 0 fully saturated rings. The van der Waals surface area contributed by atoms with Crippen molar-refractivity contribution in [2.24, 2.45) is 0 Å². The lowest BCUT2D eigenvalue weighted by atomic mass is 10.2. The minimum atomic E-state index is -1.09. The molecular formula is C15H16N2O3S. The van der Waals surface area contributed by atoms with Crippen LogP contribution in [0.4, 0.5) is 11.4 Å². The zero-order chi connectivity index (χ0) is 15.6. The van der Waals surface area contributed by atoms with Crippen molar-refractivity contribution in [3.05, 3.63) is 45.6 Å². The SMILES string of the molecule is Cc1cc(C(=O)N(CC(=O)O)c2ccccc2N)sc1C. The van der Waals surface area contributed by atoms with E-state index >= 15 is 0 Å². The molecule has 1 amide bonds. The summed E-state index contributed by atoms with van der Waals surface area (Å²) in [4.78, 5) is 26.4. The Hall–Kier alpha value is -2.34. The molecule has 0 aliphatic rings. The van der Waals surface area contributed by atoms with E-state index in [0.29, 0.717) is 16.3 Å². The number of carbonyl (C=O) groups is 2. The topological polar surface area (TPSA) is 83.6 Å². The average molecular weight is 304 g/mol. The number of benzene rings is 1. The Morgan fingerprint density at radius 1 is 1.29 bits per heavy atom. The van der Waals surface area contributed by atoms with E-state index in [9.17, 15) is 9.59 Å². The number of aliphatic carboxylic acids is 1. The quantitative estimate of drug-likeness (QED) is 0.851. The van der Waals surface area contributed by atoms with Crippen molar-refractivity contribution < 1.29 is 14.7 Å². The predicted octanol–water partition coefficient (Wildman–Crippen LogP) is 2.68. The van der Waals surface area contributed by atoms with Gasteiger partial charge in [0, 0.05) is 4.88 Å². The maximum absolute atomic E-state index is 12.6. The second-order valence-electron chi connectivity index (χ2n) is 4.69. The van der Waals surface area contributed by atoms with Gasteiger partial charge in [-0.15, -0.1) is 11.3 Å². The van der Waals surface area contributed by atoms with Gasteiger partial charge in [-0.05, 0) is 37.6 Å². The molecule has 6 heteroatoms. The van der Waals surface area contributed by atoms with Crippen molar-refractivity contribution in [1.82, 2.24) is 0 Å². The lowest BCUT2D eigenvalue weighted by Crippen LogP contribution is -2.35. The molecule has 21 heavy (non-hydrogen) atoms. The molecule has 2 rings (SSSR count). The highest BCUT2D eigenvalue weighted by Crippen LogP contribution is 2.27. The minimum absolute atomic E-state index is 0.350. The molecule has 1 aromatic heterocycles. The van der Waals surface area contributed by atoms with Crippen molar-refractivity contribution in [2.75, 3.05) is 17.2 Å². The average Bonchev–Trinajstić information content (AvgIpc) is 2.76. The molecule has 0 unspecified atom stereocenters. The molecule has 0 saturated carbocycles. The van der Waals surface area contributed by atoms with Crippen LogP contribution in [-0.4, -0.2) is 23.5 Å². The maximum Gasteiger partial charge on any atom is 0.323 e. The van der Waals surface area contributed by atoms with Crippen molar-refractivity contribution in [2.45, 2.75) is 13.8 Å². The molecule has 3 N–H and O–H groups in total. The van der Waals surface area contributed by atoms with Crippen molar-refractivity contribution in [1.29, 1.82) is 0 Å². The molecule has 1 aromatic carbocycles. The number of hydrogen-bond acceptors (Lipinski definition) is 4. The van der Waals surface area contributed by atoms with Crippen molar-refractivity contribution >= 4 is 34.6 Å². The number of carboxylic acid groups (broad SMARTS) is 1. The molecule has 0 saturated heterocycles. The van der Waals surface area contributed by atoms with Crippen molar-refractivity contribution in [3.63, 3.8) is 0 Å². The van der Waals surface area contributed by atoms with E-state index < -0.39 is 12.5 Å². The van der Waals surface area contributed by atoms with Crippen LogP contribution >= 0.6 is 11.3 Å². The van der Waals surface area contributed by atoms with Gasteiger partial charge in [0.2, 0.25) is 0 Å². The van der Waals surface area contributed by atoms with Crippen LogP contribution in [-0.2, 0) is 4.79 Å². The van der Waals surface area contributed by atoms with Gasteiger partial charge in [-0.25, -0.2) is 0 Å². The fourth-order valence-electron chi connectivity index (χ4n) is 1.95. The third-order valence-electron chi connectivity index (χ3n) is 3.14. The third kappa shape index (κ3) is 3.22. The maximum atomic E-state index is 12.6. The number of thiophene rings is 1. The number of carboxylic acids is 1. The number of amides is 1. The Kier molecular flexibility index (Phi) is 4.28. The van der Waals surface area contributed by atoms with Crippen molar-refractivity contribution in [3.8, 4) is 0 Å². The number of rotatable bonds is 4. The highest BCUT2D eigenvalue weighted by atomic mass is 32.1. The zero-order valence-electron chi connectivity index (χ0n) is 11.8. The molecule has 2 aromatic rings.